The van der Waals surface area contributed by atoms with E-state index in [9.17, 15) is 9.90 Å². The lowest BCUT2D eigenvalue weighted by Gasteiger charge is -1.93. The van der Waals surface area contributed by atoms with Crippen LogP contribution in [0.3, 0.4) is 0 Å². The van der Waals surface area contributed by atoms with E-state index >= 15 is 0 Å². The van der Waals surface area contributed by atoms with E-state index in [2.05, 4.69) is 6.58 Å². The summed E-state index contributed by atoms with van der Waals surface area (Å²) in [5.74, 6) is -1.01. The van der Waals surface area contributed by atoms with Crippen molar-refractivity contribution in [2.24, 2.45) is 0 Å². The fourth-order valence-corrected chi connectivity index (χ4v) is 0.220. The fraction of sp³-hybridized carbons (Fsp3) is 0.400. The Hall–Kier alpha value is -0.830. The maximum atomic E-state index is 9.60. The summed E-state index contributed by atoms with van der Waals surface area (Å²) in [6.45, 7) is 3.34. The SMILES string of the molecule is C=CCCC(=O)[O-].[NH4+]. The average Bonchev–Trinajstić information content (AvgIpc) is 1.61. The molecule has 0 heterocycles. The van der Waals surface area contributed by atoms with Gasteiger partial charge < -0.3 is 16.1 Å². The van der Waals surface area contributed by atoms with Gasteiger partial charge in [-0.15, -0.1) is 6.58 Å². The number of rotatable bonds is 3. The van der Waals surface area contributed by atoms with E-state index in [0.717, 1.165) is 0 Å². The third-order valence-electron chi connectivity index (χ3n) is 0.553. The molecule has 0 fully saturated rings. The molecule has 0 unspecified atom stereocenters. The van der Waals surface area contributed by atoms with Crippen molar-refractivity contribution in [3.8, 4) is 0 Å². The van der Waals surface area contributed by atoms with Gasteiger partial charge in [-0.1, -0.05) is 6.08 Å². The number of hydrogen-bond acceptors (Lipinski definition) is 2. The molecule has 0 aromatic rings. The van der Waals surface area contributed by atoms with Gasteiger partial charge in [0, 0.05) is 5.97 Å². The molecule has 0 radical (unpaired) electrons. The minimum atomic E-state index is -1.01. The van der Waals surface area contributed by atoms with Crippen LogP contribution in [0.2, 0.25) is 0 Å². The molecule has 0 aromatic carbocycles. The number of aliphatic carboxylic acids is 1. The number of carbonyl (C=O) groups excluding carboxylic acids is 1. The molecule has 0 spiro atoms. The average molecular weight is 117 g/mol. The summed E-state index contributed by atoms with van der Waals surface area (Å²) in [5.41, 5.74) is 0. The smallest absolute Gasteiger partial charge is 0.0417 e. The van der Waals surface area contributed by atoms with Gasteiger partial charge in [0.25, 0.3) is 0 Å². The van der Waals surface area contributed by atoms with Crippen molar-refractivity contribution in [2.75, 3.05) is 0 Å². The summed E-state index contributed by atoms with van der Waals surface area (Å²) >= 11 is 0. The standard InChI is InChI=1S/C5H8O2.H3N/c1-2-3-4-5(6)7;/h2H,1,3-4H2,(H,6,7);1H3. The number of quaternary nitrogens is 1. The number of carboxylic acids is 1. The molecular weight excluding hydrogens is 106 g/mol. The summed E-state index contributed by atoms with van der Waals surface area (Å²) in [5, 5.41) is 9.60. The Kier molecular flexibility index (Phi) is 7.88. The molecule has 48 valence electrons. The maximum Gasteiger partial charge on any atom is 0.0417 e. The molecule has 0 saturated heterocycles. The normalized spacial score (nSPS) is 7.00. The molecule has 0 amide bonds. The number of carboxylic acid groups (broad SMARTS) is 1. The Bertz CT molecular complexity index is 80.5. The van der Waals surface area contributed by atoms with Crippen LogP contribution >= 0.6 is 0 Å². The largest absolute Gasteiger partial charge is 0.550 e. The molecule has 0 aromatic heterocycles. The molecule has 0 aliphatic heterocycles. The number of carbonyl (C=O) groups is 1. The van der Waals surface area contributed by atoms with E-state index in [4.69, 9.17) is 0 Å². The molecule has 0 atom stereocenters. The van der Waals surface area contributed by atoms with Gasteiger partial charge in [-0.25, -0.2) is 0 Å². The molecule has 0 bridgehead atoms. The van der Waals surface area contributed by atoms with Crippen LogP contribution in [-0.4, -0.2) is 5.97 Å². The van der Waals surface area contributed by atoms with E-state index in [1.807, 2.05) is 0 Å². The second-order valence-corrected chi connectivity index (χ2v) is 1.20. The molecule has 0 saturated carbocycles. The topological polar surface area (TPSA) is 76.6 Å². The summed E-state index contributed by atoms with van der Waals surface area (Å²) in [6, 6.07) is 0. The monoisotopic (exact) mass is 117 g/mol. The Balaban J connectivity index is 0. The first kappa shape index (κ1) is 10.2. The molecule has 3 heteroatoms. The zero-order chi connectivity index (χ0) is 5.70. The Morgan fingerprint density at radius 2 is 2.25 bits per heavy atom. The lowest BCUT2D eigenvalue weighted by molar-refractivity contribution is -0.305. The van der Waals surface area contributed by atoms with Gasteiger partial charge in [-0.3, -0.25) is 0 Å². The van der Waals surface area contributed by atoms with Crippen LogP contribution in [0.5, 0.6) is 0 Å². The minimum absolute atomic E-state index is 0. The van der Waals surface area contributed by atoms with Crippen molar-refractivity contribution in [3.05, 3.63) is 12.7 Å². The van der Waals surface area contributed by atoms with Crippen molar-refractivity contribution in [2.45, 2.75) is 12.8 Å². The van der Waals surface area contributed by atoms with Gasteiger partial charge in [0.05, 0.1) is 0 Å². The van der Waals surface area contributed by atoms with E-state index in [-0.39, 0.29) is 12.6 Å². The number of allylic oxidation sites excluding steroid dienone is 1. The first-order valence-corrected chi connectivity index (χ1v) is 2.08. The van der Waals surface area contributed by atoms with Gasteiger partial charge in [-0.05, 0) is 12.8 Å². The van der Waals surface area contributed by atoms with E-state index < -0.39 is 5.97 Å². The molecule has 4 N–H and O–H groups in total. The highest BCUT2D eigenvalue weighted by Crippen LogP contribution is 1.83. The summed E-state index contributed by atoms with van der Waals surface area (Å²) in [7, 11) is 0. The van der Waals surface area contributed by atoms with Gasteiger partial charge in [0.2, 0.25) is 0 Å². The van der Waals surface area contributed by atoms with Crippen molar-refractivity contribution in [1.29, 1.82) is 0 Å². The van der Waals surface area contributed by atoms with Crippen LogP contribution in [0.15, 0.2) is 12.7 Å². The molecule has 0 aliphatic carbocycles. The van der Waals surface area contributed by atoms with Crippen LogP contribution in [0.4, 0.5) is 0 Å². The first-order chi connectivity index (χ1) is 3.27. The predicted octanol–water partition coefficient (Wildman–Crippen LogP) is 0.0787. The lowest BCUT2D eigenvalue weighted by atomic mass is 10.3. The highest BCUT2D eigenvalue weighted by molar-refractivity contribution is 5.64. The van der Waals surface area contributed by atoms with Crippen molar-refractivity contribution < 1.29 is 9.90 Å². The van der Waals surface area contributed by atoms with Crippen molar-refractivity contribution >= 4 is 5.97 Å². The zero-order valence-corrected chi connectivity index (χ0v) is 5.02. The minimum Gasteiger partial charge on any atom is -0.550 e. The fourth-order valence-electron chi connectivity index (χ4n) is 0.220. The second-order valence-electron chi connectivity index (χ2n) is 1.20. The molecular formula is C5H11NO2. The van der Waals surface area contributed by atoms with Crippen molar-refractivity contribution in [1.82, 2.24) is 6.15 Å². The lowest BCUT2D eigenvalue weighted by Crippen LogP contribution is -2.21. The number of hydrogen-bond donors (Lipinski definition) is 1. The Labute approximate surface area is 48.6 Å². The van der Waals surface area contributed by atoms with E-state index in [1.165, 1.54) is 0 Å². The molecule has 8 heavy (non-hydrogen) atoms. The highest BCUT2D eigenvalue weighted by atomic mass is 16.4. The first-order valence-electron chi connectivity index (χ1n) is 2.08. The van der Waals surface area contributed by atoms with Crippen molar-refractivity contribution in [3.63, 3.8) is 0 Å². The zero-order valence-electron chi connectivity index (χ0n) is 5.02. The summed E-state index contributed by atoms with van der Waals surface area (Å²) in [6.07, 6.45) is 2.14. The quantitative estimate of drug-likeness (QED) is 0.531. The third kappa shape index (κ3) is 8.95. The van der Waals surface area contributed by atoms with Gasteiger partial charge >= 0.3 is 0 Å². The second kappa shape index (κ2) is 6.17. The summed E-state index contributed by atoms with van der Waals surface area (Å²) < 4.78 is 0. The molecule has 0 rings (SSSR count). The van der Waals surface area contributed by atoms with Crippen LogP contribution < -0.4 is 11.3 Å². The van der Waals surface area contributed by atoms with Crippen LogP contribution in [-0.2, 0) is 4.79 Å². The Morgan fingerprint density at radius 3 is 2.38 bits per heavy atom. The van der Waals surface area contributed by atoms with E-state index in [0.29, 0.717) is 6.42 Å². The van der Waals surface area contributed by atoms with Gasteiger partial charge in [-0.2, -0.15) is 0 Å². The summed E-state index contributed by atoms with van der Waals surface area (Å²) in [4.78, 5) is 9.60. The predicted molar refractivity (Wildman–Crippen MR) is 30.4 cm³/mol. The molecule has 3 nitrogen and oxygen atoms in total. The molecule has 0 aliphatic rings. The Morgan fingerprint density at radius 1 is 1.75 bits per heavy atom. The van der Waals surface area contributed by atoms with Gasteiger partial charge in [0.1, 0.15) is 0 Å². The maximum absolute atomic E-state index is 9.60. The highest BCUT2D eigenvalue weighted by Gasteiger charge is 1.77. The van der Waals surface area contributed by atoms with Crippen LogP contribution in [0.1, 0.15) is 12.8 Å². The van der Waals surface area contributed by atoms with Crippen LogP contribution in [0.25, 0.3) is 0 Å². The van der Waals surface area contributed by atoms with Gasteiger partial charge in [0.15, 0.2) is 0 Å². The third-order valence-corrected chi connectivity index (χ3v) is 0.553. The van der Waals surface area contributed by atoms with E-state index in [1.54, 1.807) is 6.08 Å². The van der Waals surface area contributed by atoms with Crippen LogP contribution in [0, 0.1) is 0 Å².